The van der Waals surface area contributed by atoms with Gasteiger partial charge in [0.1, 0.15) is 17.6 Å². The predicted molar refractivity (Wildman–Crippen MR) is 138 cm³/mol. The number of hydrogen-bond acceptors (Lipinski definition) is 5. The van der Waals surface area contributed by atoms with Crippen molar-refractivity contribution in [1.82, 2.24) is 15.2 Å². The molecule has 0 saturated carbocycles. The Kier molecular flexibility index (Phi) is 9.56. The van der Waals surface area contributed by atoms with Gasteiger partial charge in [0.25, 0.3) is 0 Å². The zero-order valence-corrected chi connectivity index (χ0v) is 20.8. The second-order valence-corrected chi connectivity index (χ2v) is 8.61. The van der Waals surface area contributed by atoms with Crippen LogP contribution in [0.5, 0.6) is 5.75 Å². The van der Waals surface area contributed by atoms with E-state index in [4.69, 9.17) is 4.74 Å². The van der Waals surface area contributed by atoms with Gasteiger partial charge in [-0.25, -0.2) is 4.98 Å². The topological polar surface area (TPSA) is 101 Å². The van der Waals surface area contributed by atoms with Crippen LogP contribution < -0.4 is 15.4 Å². The van der Waals surface area contributed by atoms with E-state index in [9.17, 15) is 14.4 Å². The quantitative estimate of drug-likeness (QED) is 0.423. The lowest BCUT2D eigenvalue weighted by molar-refractivity contribution is -0.142. The number of hydrogen-bond donors (Lipinski definition) is 2. The first kappa shape index (κ1) is 26.4. The van der Waals surface area contributed by atoms with Crippen molar-refractivity contribution >= 4 is 23.5 Å². The molecule has 0 aliphatic heterocycles. The molecule has 0 bridgehead atoms. The average Bonchev–Trinajstić information content (AvgIpc) is 2.88. The molecule has 188 valence electrons. The summed E-state index contributed by atoms with van der Waals surface area (Å²) < 4.78 is 5.26. The van der Waals surface area contributed by atoms with Gasteiger partial charge in [0, 0.05) is 31.6 Å². The summed E-state index contributed by atoms with van der Waals surface area (Å²) in [5.41, 5.74) is 1.52. The number of aromatic nitrogens is 1. The normalized spacial score (nSPS) is 11.4. The summed E-state index contributed by atoms with van der Waals surface area (Å²) in [4.78, 5) is 45.0. The molecule has 3 amide bonds. The third kappa shape index (κ3) is 7.66. The first-order chi connectivity index (χ1) is 17.4. The molecule has 8 heteroatoms. The van der Waals surface area contributed by atoms with Crippen molar-refractivity contribution in [1.29, 1.82) is 0 Å². The highest BCUT2D eigenvalue weighted by atomic mass is 16.5. The third-order valence-electron chi connectivity index (χ3n) is 5.44. The van der Waals surface area contributed by atoms with E-state index >= 15 is 0 Å². The Morgan fingerprint density at radius 2 is 1.61 bits per heavy atom. The van der Waals surface area contributed by atoms with Crippen LogP contribution in [0.4, 0.5) is 5.82 Å². The van der Waals surface area contributed by atoms with Crippen molar-refractivity contribution in [2.45, 2.75) is 45.3 Å². The summed E-state index contributed by atoms with van der Waals surface area (Å²) in [6.45, 7) is 3.95. The summed E-state index contributed by atoms with van der Waals surface area (Å²) in [6, 6.07) is 20.7. The van der Waals surface area contributed by atoms with Crippen LogP contribution in [0.25, 0.3) is 0 Å². The van der Waals surface area contributed by atoms with Crippen molar-refractivity contribution in [3.63, 3.8) is 0 Å². The van der Waals surface area contributed by atoms with E-state index in [1.54, 1.807) is 55.8 Å². The maximum absolute atomic E-state index is 13.6. The molecular formula is C28H32N4O4. The predicted octanol–water partition coefficient (Wildman–Crippen LogP) is 4.10. The van der Waals surface area contributed by atoms with E-state index in [0.717, 1.165) is 5.56 Å². The molecule has 2 N–H and O–H groups in total. The molecule has 0 fully saturated rings. The average molecular weight is 489 g/mol. The number of anilines is 1. The Balaban J connectivity index is 1.87. The van der Waals surface area contributed by atoms with Gasteiger partial charge in [-0.2, -0.15) is 0 Å². The van der Waals surface area contributed by atoms with E-state index in [2.05, 4.69) is 15.6 Å². The maximum Gasteiger partial charge on any atom is 0.247 e. The van der Waals surface area contributed by atoms with Crippen LogP contribution in [0.3, 0.4) is 0 Å². The van der Waals surface area contributed by atoms with Crippen LogP contribution in [0.15, 0.2) is 79.0 Å². The minimum absolute atomic E-state index is 0.0399. The van der Waals surface area contributed by atoms with Crippen molar-refractivity contribution in [3.05, 3.63) is 90.1 Å². The number of rotatable bonds is 11. The molecule has 0 spiro atoms. The first-order valence-corrected chi connectivity index (χ1v) is 11.9. The number of amides is 3. The Hall–Kier alpha value is -4.20. The van der Waals surface area contributed by atoms with Gasteiger partial charge in [-0.05, 0) is 49.2 Å². The summed E-state index contributed by atoms with van der Waals surface area (Å²) in [5.74, 6) is 0.138. The van der Waals surface area contributed by atoms with Crippen molar-refractivity contribution in [3.8, 4) is 5.75 Å². The van der Waals surface area contributed by atoms with E-state index in [1.807, 2.05) is 44.2 Å². The Labute approximate surface area is 211 Å². The van der Waals surface area contributed by atoms with Crippen LogP contribution >= 0.6 is 0 Å². The summed E-state index contributed by atoms with van der Waals surface area (Å²) in [5, 5.41) is 5.63. The molecule has 0 aliphatic carbocycles. The number of nitrogens with zero attached hydrogens (tertiary/aromatic N) is 2. The maximum atomic E-state index is 13.6. The monoisotopic (exact) mass is 488 g/mol. The summed E-state index contributed by atoms with van der Waals surface area (Å²) in [6.07, 6.45) is 1.48. The Morgan fingerprint density at radius 1 is 0.917 bits per heavy atom. The fraction of sp³-hybridized carbons (Fsp3) is 0.286. The van der Waals surface area contributed by atoms with Crippen LogP contribution in [0.2, 0.25) is 0 Å². The zero-order valence-electron chi connectivity index (χ0n) is 20.8. The van der Waals surface area contributed by atoms with Crippen LogP contribution in [-0.2, 0) is 20.9 Å². The molecule has 0 radical (unpaired) electrons. The summed E-state index contributed by atoms with van der Waals surface area (Å²) in [7, 11) is 1.57. The number of carbonyl (C=O) groups excluding carboxylic acids is 3. The van der Waals surface area contributed by atoms with E-state index in [1.165, 1.54) is 4.90 Å². The number of benzene rings is 2. The van der Waals surface area contributed by atoms with Crippen molar-refractivity contribution in [2.75, 3.05) is 12.4 Å². The number of methoxy groups -OCH3 is 1. The SMILES string of the molecule is COc1ccc(C(C(=O)NC(C)C)N(Cc2ccccc2)C(=O)CCC(=O)Nc2ccccn2)cc1. The van der Waals surface area contributed by atoms with Gasteiger partial charge < -0.3 is 20.3 Å². The van der Waals surface area contributed by atoms with Crippen molar-refractivity contribution < 1.29 is 19.1 Å². The molecule has 3 aromatic rings. The molecule has 0 aliphatic rings. The van der Waals surface area contributed by atoms with Crippen LogP contribution in [0.1, 0.15) is 43.9 Å². The van der Waals surface area contributed by atoms with Gasteiger partial charge in [0.15, 0.2) is 0 Å². The van der Waals surface area contributed by atoms with Gasteiger partial charge in [0.05, 0.1) is 7.11 Å². The van der Waals surface area contributed by atoms with E-state index < -0.39 is 6.04 Å². The lowest BCUT2D eigenvalue weighted by Gasteiger charge is -2.32. The lowest BCUT2D eigenvalue weighted by Crippen LogP contribution is -2.45. The van der Waals surface area contributed by atoms with Crippen molar-refractivity contribution in [2.24, 2.45) is 0 Å². The minimum atomic E-state index is -0.884. The molecule has 36 heavy (non-hydrogen) atoms. The Morgan fingerprint density at radius 3 is 2.22 bits per heavy atom. The largest absolute Gasteiger partial charge is 0.497 e. The summed E-state index contributed by atoms with van der Waals surface area (Å²) >= 11 is 0. The molecule has 1 atom stereocenters. The highest BCUT2D eigenvalue weighted by Crippen LogP contribution is 2.27. The number of ether oxygens (including phenoxy) is 1. The molecule has 3 rings (SSSR count). The van der Waals surface area contributed by atoms with Gasteiger partial charge in [-0.3, -0.25) is 14.4 Å². The molecule has 1 heterocycles. The molecule has 2 aromatic carbocycles. The van der Waals surface area contributed by atoms with Gasteiger partial charge >= 0.3 is 0 Å². The van der Waals surface area contributed by atoms with E-state index in [-0.39, 0.29) is 43.1 Å². The first-order valence-electron chi connectivity index (χ1n) is 11.9. The lowest BCUT2D eigenvalue weighted by atomic mass is 10.0. The molecule has 0 saturated heterocycles. The standard InChI is InChI=1S/C28H32N4O4/c1-20(2)30-28(35)27(22-12-14-23(36-3)15-13-22)32(19-21-9-5-4-6-10-21)26(34)17-16-25(33)31-24-11-7-8-18-29-24/h4-15,18,20,27H,16-17,19H2,1-3H3,(H,30,35)(H,29,31,33). The molecule has 1 unspecified atom stereocenters. The Bertz CT molecular complexity index is 1140. The number of nitrogens with one attached hydrogen (secondary N) is 2. The van der Waals surface area contributed by atoms with Gasteiger partial charge in [0.2, 0.25) is 17.7 Å². The third-order valence-corrected chi connectivity index (χ3v) is 5.44. The van der Waals surface area contributed by atoms with Crippen LogP contribution in [0, 0.1) is 0 Å². The minimum Gasteiger partial charge on any atom is -0.497 e. The second kappa shape index (κ2) is 13.0. The molecule has 8 nitrogen and oxygen atoms in total. The molecular weight excluding hydrogens is 456 g/mol. The number of pyridine rings is 1. The smallest absolute Gasteiger partial charge is 0.247 e. The fourth-order valence-electron chi connectivity index (χ4n) is 3.73. The fourth-order valence-corrected chi connectivity index (χ4v) is 3.73. The van der Waals surface area contributed by atoms with Crippen LogP contribution in [-0.4, -0.2) is 40.8 Å². The van der Waals surface area contributed by atoms with Gasteiger partial charge in [-0.1, -0.05) is 48.5 Å². The van der Waals surface area contributed by atoms with E-state index in [0.29, 0.717) is 17.1 Å². The highest BCUT2D eigenvalue weighted by molar-refractivity contribution is 5.94. The van der Waals surface area contributed by atoms with Gasteiger partial charge in [-0.15, -0.1) is 0 Å². The highest BCUT2D eigenvalue weighted by Gasteiger charge is 2.32. The second-order valence-electron chi connectivity index (χ2n) is 8.61. The zero-order chi connectivity index (χ0) is 25.9. The number of carbonyl (C=O) groups is 3. The molecule has 1 aromatic heterocycles.